The van der Waals surface area contributed by atoms with Gasteiger partial charge < -0.3 is 10.6 Å². The van der Waals surface area contributed by atoms with E-state index >= 15 is 0 Å². The monoisotopic (exact) mass is 275 g/mol. The van der Waals surface area contributed by atoms with Gasteiger partial charge in [0.1, 0.15) is 0 Å². The standard InChI is InChI=1S/C16H25N3O/c1-12(2)14-7-6-13-11-19(10-8-15(13)18-14)16(20)5-3-4-9-17/h6-7,12H,3-5,8-11,17H2,1-2H3. The van der Waals surface area contributed by atoms with Gasteiger partial charge in [-0.1, -0.05) is 19.9 Å². The molecule has 0 saturated heterocycles. The predicted octanol–water partition coefficient (Wildman–Crippen LogP) is 2.22. The molecule has 0 aromatic carbocycles. The minimum atomic E-state index is 0.247. The molecule has 20 heavy (non-hydrogen) atoms. The van der Waals surface area contributed by atoms with E-state index in [4.69, 9.17) is 10.7 Å². The van der Waals surface area contributed by atoms with Crippen LogP contribution in [-0.2, 0) is 17.8 Å². The summed E-state index contributed by atoms with van der Waals surface area (Å²) >= 11 is 0. The van der Waals surface area contributed by atoms with E-state index in [9.17, 15) is 4.79 Å². The van der Waals surface area contributed by atoms with Crippen molar-refractivity contribution in [2.45, 2.75) is 52.0 Å². The molecule has 0 fully saturated rings. The molecule has 1 aliphatic heterocycles. The molecule has 0 atom stereocenters. The Hall–Kier alpha value is -1.42. The van der Waals surface area contributed by atoms with E-state index in [0.29, 0.717) is 25.4 Å². The first-order valence-electron chi connectivity index (χ1n) is 7.58. The lowest BCUT2D eigenvalue weighted by Gasteiger charge is -2.29. The van der Waals surface area contributed by atoms with Crippen LogP contribution in [0, 0.1) is 0 Å². The van der Waals surface area contributed by atoms with Crippen LogP contribution in [0.5, 0.6) is 0 Å². The van der Waals surface area contributed by atoms with Gasteiger partial charge in [0.2, 0.25) is 5.91 Å². The molecule has 0 bridgehead atoms. The van der Waals surface area contributed by atoms with Gasteiger partial charge in [0, 0.05) is 37.3 Å². The highest BCUT2D eigenvalue weighted by molar-refractivity contribution is 5.76. The summed E-state index contributed by atoms with van der Waals surface area (Å²) < 4.78 is 0. The summed E-state index contributed by atoms with van der Waals surface area (Å²) in [7, 11) is 0. The van der Waals surface area contributed by atoms with Crippen molar-refractivity contribution in [1.29, 1.82) is 0 Å². The molecular formula is C16H25N3O. The molecule has 0 aliphatic carbocycles. The molecule has 4 heteroatoms. The number of carbonyl (C=O) groups excluding carboxylic acids is 1. The summed E-state index contributed by atoms with van der Waals surface area (Å²) in [6.07, 6.45) is 3.31. The Morgan fingerprint density at radius 1 is 1.40 bits per heavy atom. The first kappa shape index (κ1) is 15.0. The van der Waals surface area contributed by atoms with Crippen molar-refractivity contribution in [1.82, 2.24) is 9.88 Å². The van der Waals surface area contributed by atoms with Gasteiger partial charge in [-0.05, 0) is 36.9 Å². The average Bonchev–Trinajstić information content (AvgIpc) is 2.46. The Morgan fingerprint density at radius 3 is 2.90 bits per heavy atom. The van der Waals surface area contributed by atoms with Crippen LogP contribution in [-0.4, -0.2) is 28.9 Å². The number of fused-ring (bicyclic) bond motifs is 1. The van der Waals surface area contributed by atoms with Crippen molar-refractivity contribution in [3.63, 3.8) is 0 Å². The van der Waals surface area contributed by atoms with E-state index in [2.05, 4.69) is 26.0 Å². The second kappa shape index (κ2) is 6.84. The summed E-state index contributed by atoms with van der Waals surface area (Å²) in [6, 6.07) is 4.23. The highest BCUT2D eigenvalue weighted by Crippen LogP contribution is 2.21. The van der Waals surface area contributed by atoms with Gasteiger partial charge in [-0.2, -0.15) is 0 Å². The Bertz CT molecular complexity index is 471. The van der Waals surface area contributed by atoms with E-state index in [1.807, 2.05) is 4.90 Å². The first-order chi connectivity index (χ1) is 9.61. The van der Waals surface area contributed by atoms with Crippen molar-refractivity contribution < 1.29 is 4.79 Å². The third-order valence-corrected chi connectivity index (χ3v) is 3.86. The lowest BCUT2D eigenvalue weighted by atomic mass is 10.0. The van der Waals surface area contributed by atoms with Gasteiger partial charge in [-0.3, -0.25) is 9.78 Å². The zero-order valence-corrected chi connectivity index (χ0v) is 12.6. The molecule has 0 unspecified atom stereocenters. The fraction of sp³-hybridized carbons (Fsp3) is 0.625. The maximum Gasteiger partial charge on any atom is 0.222 e. The zero-order chi connectivity index (χ0) is 14.5. The normalized spacial score (nSPS) is 14.5. The Kier molecular flexibility index (Phi) is 5.12. The fourth-order valence-electron chi connectivity index (χ4n) is 2.55. The topological polar surface area (TPSA) is 59.2 Å². The average molecular weight is 275 g/mol. The van der Waals surface area contributed by atoms with E-state index in [1.165, 1.54) is 11.3 Å². The van der Waals surface area contributed by atoms with Gasteiger partial charge in [0.15, 0.2) is 0 Å². The second-order valence-electron chi connectivity index (χ2n) is 5.81. The minimum Gasteiger partial charge on any atom is -0.338 e. The Balaban J connectivity index is 1.99. The van der Waals surface area contributed by atoms with Crippen LogP contribution < -0.4 is 5.73 Å². The van der Waals surface area contributed by atoms with Crippen molar-refractivity contribution in [3.8, 4) is 0 Å². The van der Waals surface area contributed by atoms with Crippen LogP contribution in [0.15, 0.2) is 12.1 Å². The number of carbonyl (C=O) groups is 1. The maximum atomic E-state index is 12.1. The Labute approximate surface area is 121 Å². The van der Waals surface area contributed by atoms with Crippen LogP contribution in [0.1, 0.15) is 56.0 Å². The second-order valence-corrected chi connectivity index (χ2v) is 5.81. The minimum absolute atomic E-state index is 0.247. The zero-order valence-electron chi connectivity index (χ0n) is 12.6. The molecule has 0 saturated carbocycles. The molecule has 0 radical (unpaired) electrons. The SMILES string of the molecule is CC(C)c1ccc2c(n1)CCN(C(=O)CCCCN)C2. The lowest BCUT2D eigenvalue weighted by molar-refractivity contribution is -0.132. The largest absolute Gasteiger partial charge is 0.338 e. The van der Waals surface area contributed by atoms with E-state index in [1.54, 1.807) is 0 Å². The highest BCUT2D eigenvalue weighted by Gasteiger charge is 2.21. The summed E-state index contributed by atoms with van der Waals surface area (Å²) in [4.78, 5) is 18.8. The van der Waals surface area contributed by atoms with E-state index in [0.717, 1.165) is 31.5 Å². The molecule has 1 aliphatic rings. The van der Waals surface area contributed by atoms with Crippen LogP contribution in [0.4, 0.5) is 0 Å². The number of aromatic nitrogens is 1. The number of nitrogens with zero attached hydrogens (tertiary/aromatic N) is 2. The van der Waals surface area contributed by atoms with Gasteiger partial charge >= 0.3 is 0 Å². The molecule has 1 amide bonds. The molecule has 1 aromatic heterocycles. The predicted molar refractivity (Wildman–Crippen MR) is 80.4 cm³/mol. The van der Waals surface area contributed by atoms with Crippen molar-refractivity contribution >= 4 is 5.91 Å². The van der Waals surface area contributed by atoms with Crippen molar-refractivity contribution in [3.05, 3.63) is 29.1 Å². The Morgan fingerprint density at radius 2 is 2.20 bits per heavy atom. The third kappa shape index (κ3) is 3.57. The molecule has 2 rings (SSSR count). The molecule has 110 valence electrons. The number of nitrogens with two attached hydrogens (primary N) is 1. The summed E-state index contributed by atoms with van der Waals surface area (Å²) in [5.74, 6) is 0.702. The molecule has 2 N–H and O–H groups in total. The molecule has 1 aromatic rings. The quantitative estimate of drug-likeness (QED) is 0.838. The lowest BCUT2D eigenvalue weighted by Crippen LogP contribution is -2.36. The van der Waals surface area contributed by atoms with E-state index in [-0.39, 0.29) is 5.91 Å². The van der Waals surface area contributed by atoms with E-state index < -0.39 is 0 Å². The molecular weight excluding hydrogens is 250 g/mol. The fourth-order valence-corrected chi connectivity index (χ4v) is 2.55. The van der Waals surface area contributed by atoms with Crippen LogP contribution in [0.2, 0.25) is 0 Å². The number of rotatable bonds is 5. The highest BCUT2D eigenvalue weighted by atomic mass is 16.2. The summed E-state index contributed by atoms with van der Waals surface area (Å²) in [5.41, 5.74) is 8.98. The number of unbranched alkanes of at least 4 members (excludes halogenated alkanes) is 1. The molecule has 4 nitrogen and oxygen atoms in total. The maximum absolute atomic E-state index is 12.1. The first-order valence-corrected chi connectivity index (χ1v) is 7.58. The number of amides is 1. The number of hydrogen-bond donors (Lipinski definition) is 1. The smallest absolute Gasteiger partial charge is 0.222 e. The molecule has 2 heterocycles. The van der Waals surface area contributed by atoms with Crippen molar-refractivity contribution in [2.75, 3.05) is 13.1 Å². The number of pyridine rings is 1. The summed E-state index contributed by atoms with van der Waals surface area (Å²) in [5, 5.41) is 0. The van der Waals surface area contributed by atoms with Crippen LogP contribution in [0.3, 0.4) is 0 Å². The summed E-state index contributed by atoms with van der Waals surface area (Å²) in [6.45, 7) is 6.48. The van der Waals surface area contributed by atoms with Gasteiger partial charge in [-0.25, -0.2) is 0 Å². The van der Waals surface area contributed by atoms with Gasteiger partial charge in [-0.15, -0.1) is 0 Å². The molecule has 0 spiro atoms. The van der Waals surface area contributed by atoms with Crippen LogP contribution >= 0.6 is 0 Å². The van der Waals surface area contributed by atoms with Crippen molar-refractivity contribution in [2.24, 2.45) is 5.73 Å². The van der Waals surface area contributed by atoms with Crippen LogP contribution in [0.25, 0.3) is 0 Å². The third-order valence-electron chi connectivity index (χ3n) is 3.86. The number of hydrogen-bond acceptors (Lipinski definition) is 3. The van der Waals surface area contributed by atoms with Gasteiger partial charge in [0.25, 0.3) is 0 Å². The van der Waals surface area contributed by atoms with Gasteiger partial charge in [0.05, 0.1) is 0 Å².